The van der Waals surface area contributed by atoms with E-state index in [0.717, 1.165) is 43.5 Å². The zero-order valence-electron chi connectivity index (χ0n) is 15.8. The number of aromatic amines is 1. The SMILES string of the molecule is CCCc1nc(Sc2ccc(S(=O)(=O)N3CCCC(C)C3)cc2[N+](=O)[O-])n[nH]1. The number of rotatable bonds is 7. The first-order chi connectivity index (χ1) is 13.3. The lowest BCUT2D eigenvalue weighted by Crippen LogP contribution is -2.39. The zero-order chi connectivity index (χ0) is 20.3. The Morgan fingerprint density at radius 1 is 1.43 bits per heavy atom. The van der Waals surface area contributed by atoms with Crippen molar-refractivity contribution in [3.8, 4) is 0 Å². The molecular formula is C17H23N5O4S2. The Kier molecular flexibility index (Phi) is 6.36. The highest BCUT2D eigenvalue weighted by molar-refractivity contribution is 7.99. The number of H-pyrrole nitrogens is 1. The van der Waals surface area contributed by atoms with Crippen LogP contribution in [0.3, 0.4) is 0 Å². The molecule has 28 heavy (non-hydrogen) atoms. The Balaban J connectivity index is 1.89. The van der Waals surface area contributed by atoms with E-state index in [1.54, 1.807) is 0 Å². The van der Waals surface area contributed by atoms with E-state index < -0.39 is 14.9 Å². The number of nitro groups is 1. The molecule has 2 aromatic rings. The van der Waals surface area contributed by atoms with Crippen molar-refractivity contribution >= 4 is 27.5 Å². The van der Waals surface area contributed by atoms with E-state index in [9.17, 15) is 18.5 Å². The number of hydrogen-bond donors (Lipinski definition) is 1. The Labute approximate surface area is 168 Å². The van der Waals surface area contributed by atoms with E-state index in [-0.39, 0.29) is 16.5 Å². The summed E-state index contributed by atoms with van der Waals surface area (Å²) >= 11 is 1.04. The molecule has 9 nitrogen and oxygen atoms in total. The van der Waals surface area contributed by atoms with Gasteiger partial charge in [-0.2, -0.15) is 4.31 Å². The van der Waals surface area contributed by atoms with Crippen LogP contribution in [0.25, 0.3) is 0 Å². The second-order valence-corrected chi connectivity index (χ2v) is 9.86. The lowest BCUT2D eigenvalue weighted by Gasteiger charge is -2.30. The number of benzene rings is 1. The first kappa shape index (κ1) is 20.7. The largest absolute Gasteiger partial charge is 0.284 e. The van der Waals surface area contributed by atoms with Gasteiger partial charge in [0.15, 0.2) is 0 Å². The van der Waals surface area contributed by atoms with Crippen LogP contribution in [0.4, 0.5) is 5.69 Å². The average molecular weight is 426 g/mol. The van der Waals surface area contributed by atoms with E-state index in [2.05, 4.69) is 15.2 Å². The van der Waals surface area contributed by atoms with E-state index in [1.807, 2.05) is 13.8 Å². The molecule has 1 saturated heterocycles. The molecule has 0 spiro atoms. The Morgan fingerprint density at radius 3 is 2.89 bits per heavy atom. The lowest BCUT2D eigenvalue weighted by atomic mass is 10.0. The quantitative estimate of drug-likeness (QED) is 0.534. The molecule has 2 heterocycles. The molecule has 0 aliphatic carbocycles. The first-order valence-corrected chi connectivity index (χ1v) is 11.4. The Morgan fingerprint density at radius 2 is 2.21 bits per heavy atom. The van der Waals surface area contributed by atoms with Crippen LogP contribution in [0.5, 0.6) is 0 Å². The summed E-state index contributed by atoms with van der Waals surface area (Å²) in [7, 11) is -3.76. The van der Waals surface area contributed by atoms with Gasteiger partial charge in [0.05, 0.1) is 14.7 Å². The van der Waals surface area contributed by atoms with Crippen LogP contribution in [0.1, 0.15) is 38.9 Å². The number of piperidine rings is 1. The Bertz CT molecular complexity index is 960. The van der Waals surface area contributed by atoms with Gasteiger partial charge in [0, 0.05) is 25.6 Å². The monoisotopic (exact) mass is 425 g/mol. The number of nitro benzene ring substituents is 1. The molecule has 1 unspecified atom stereocenters. The first-order valence-electron chi connectivity index (χ1n) is 9.19. The summed E-state index contributed by atoms with van der Waals surface area (Å²) in [6.07, 6.45) is 3.42. The van der Waals surface area contributed by atoms with Gasteiger partial charge in [-0.1, -0.05) is 13.8 Å². The van der Waals surface area contributed by atoms with Crippen molar-refractivity contribution in [2.45, 2.75) is 54.5 Å². The fourth-order valence-electron chi connectivity index (χ4n) is 3.17. The van der Waals surface area contributed by atoms with Gasteiger partial charge < -0.3 is 0 Å². The number of nitrogens with one attached hydrogen (secondary N) is 1. The van der Waals surface area contributed by atoms with E-state index >= 15 is 0 Å². The summed E-state index contributed by atoms with van der Waals surface area (Å²) in [5.74, 6) is 0.988. The van der Waals surface area contributed by atoms with Crippen molar-refractivity contribution in [2.75, 3.05) is 13.1 Å². The van der Waals surface area contributed by atoms with Crippen LogP contribution in [0.2, 0.25) is 0 Å². The highest BCUT2D eigenvalue weighted by atomic mass is 32.2. The number of aryl methyl sites for hydroxylation is 1. The van der Waals surface area contributed by atoms with Crippen molar-refractivity contribution < 1.29 is 13.3 Å². The molecule has 0 radical (unpaired) electrons. The molecule has 1 aliphatic rings. The van der Waals surface area contributed by atoms with Crippen LogP contribution < -0.4 is 0 Å². The highest BCUT2D eigenvalue weighted by Crippen LogP contribution is 2.35. The van der Waals surface area contributed by atoms with Crippen LogP contribution >= 0.6 is 11.8 Å². The maximum Gasteiger partial charge on any atom is 0.284 e. The average Bonchev–Trinajstić information content (AvgIpc) is 3.09. The smallest absolute Gasteiger partial charge is 0.262 e. The summed E-state index contributed by atoms with van der Waals surface area (Å²) in [4.78, 5) is 15.5. The highest BCUT2D eigenvalue weighted by Gasteiger charge is 2.30. The van der Waals surface area contributed by atoms with Crippen LogP contribution in [0.15, 0.2) is 33.1 Å². The van der Waals surface area contributed by atoms with Crippen LogP contribution in [0, 0.1) is 16.0 Å². The molecule has 1 fully saturated rings. The predicted octanol–water partition coefficient (Wildman–Crippen LogP) is 3.24. The molecule has 1 aromatic heterocycles. The van der Waals surface area contributed by atoms with Gasteiger partial charge in [0.25, 0.3) is 5.69 Å². The van der Waals surface area contributed by atoms with Gasteiger partial charge in [-0.3, -0.25) is 15.2 Å². The third kappa shape index (κ3) is 4.53. The third-order valence-electron chi connectivity index (χ3n) is 4.58. The zero-order valence-corrected chi connectivity index (χ0v) is 17.4. The minimum atomic E-state index is -3.76. The minimum Gasteiger partial charge on any atom is -0.262 e. The summed E-state index contributed by atoms with van der Waals surface area (Å²) in [6, 6.07) is 4.01. The van der Waals surface area contributed by atoms with E-state index in [1.165, 1.54) is 16.4 Å². The van der Waals surface area contributed by atoms with Gasteiger partial charge in [0.1, 0.15) is 5.82 Å². The lowest BCUT2D eigenvalue weighted by molar-refractivity contribution is -0.388. The van der Waals surface area contributed by atoms with Gasteiger partial charge in [-0.25, -0.2) is 13.4 Å². The number of sulfonamides is 1. The maximum absolute atomic E-state index is 12.9. The second-order valence-electron chi connectivity index (χ2n) is 6.91. The van der Waals surface area contributed by atoms with Crippen molar-refractivity contribution in [1.82, 2.24) is 19.5 Å². The molecular weight excluding hydrogens is 402 g/mol. The second kappa shape index (κ2) is 8.58. The van der Waals surface area contributed by atoms with Crippen molar-refractivity contribution in [3.63, 3.8) is 0 Å². The topological polar surface area (TPSA) is 122 Å². The third-order valence-corrected chi connectivity index (χ3v) is 7.38. The van der Waals surface area contributed by atoms with Crippen molar-refractivity contribution in [3.05, 3.63) is 34.1 Å². The normalized spacial score (nSPS) is 18.3. The molecule has 1 N–H and O–H groups in total. The van der Waals surface area contributed by atoms with Crippen molar-refractivity contribution in [2.24, 2.45) is 5.92 Å². The molecule has 1 atom stereocenters. The summed E-state index contributed by atoms with van der Waals surface area (Å²) in [5.41, 5.74) is -0.266. The van der Waals surface area contributed by atoms with Gasteiger partial charge >= 0.3 is 0 Å². The number of hydrogen-bond acceptors (Lipinski definition) is 7. The fourth-order valence-corrected chi connectivity index (χ4v) is 5.61. The summed E-state index contributed by atoms with van der Waals surface area (Å²) < 4.78 is 27.3. The molecule has 0 saturated carbocycles. The Hall–Kier alpha value is -1.98. The number of aromatic nitrogens is 3. The maximum atomic E-state index is 12.9. The fraction of sp³-hybridized carbons (Fsp3) is 0.529. The molecule has 1 aliphatic heterocycles. The minimum absolute atomic E-state index is 0.0562. The standard InChI is InChI=1S/C17H23N5O4S2/c1-3-5-16-18-17(20-19-16)27-15-8-7-13(10-14(15)22(23)24)28(25,26)21-9-4-6-12(2)11-21/h7-8,10,12H,3-6,9,11H2,1-2H3,(H,18,19,20). The van der Waals surface area contributed by atoms with Crippen LogP contribution in [-0.2, 0) is 16.4 Å². The molecule has 11 heteroatoms. The van der Waals surface area contributed by atoms with Gasteiger partial charge in [-0.05, 0) is 49.1 Å². The van der Waals surface area contributed by atoms with E-state index in [0.29, 0.717) is 29.0 Å². The van der Waals surface area contributed by atoms with Crippen LogP contribution in [-0.4, -0.2) is 45.9 Å². The molecule has 0 bridgehead atoms. The molecule has 152 valence electrons. The number of nitrogens with zero attached hydrogens (tertiary/aromatic N) is 4. The van der Waals surface area contributed by atoms with E-state index in [4.69, 9.17) is 0 Å². The molecule has 3 rings (SSSR count). The van der Waals surface area contributed by atoms with Gasteiger partial charge in [0.2, 0.25) is 15.2 Å². The predicted molar refractivity (Wildman–Crippen MR) is 105 cm³/mol. The van der Waals surface area contributed by atoms with Gasteiger partial charge in [-0.15, -0.1) is 5.10 Å². The van der Waals surface area contributed by atoms with Crippen molar-refractivity contribution in [1.29, 1.82) is 0 Å². The molecule has 0 amide bonds. The summed E-state index contributed by atoms with van der Waals surface area (Å²) in [5, 5.41) is 18.8. The summed E-state index contributed by atoms with van der Waals surface area (Å²) in [6.45, 7) is 4.90. The molecule has 1 aromatic carbocycles.